The van der Waals surface area contributed by atoms with Crippen molar-refractivity contribution >= 4 is 15.9 Å². The Labute approximate surface area is 135 Å². The summed E-state index contributed by atoms with van der Waals surface area (Å²) >= 11 is 0. The molecule has 0 aliphatic carbocycles. The zero-order chi connectivity index (χ0) is 18.0. The molecule has 0 saturated carbocycles. The fraction of sp³-hybridized carbons (Fsp3) is 0.417. The van der Waals surface area contributed by atoms with E-state index in [1.807, 2.05) is 5.48 Å². The highest BCUT2D eigenvalue weighted by Crippen LogP contribution is 2.33. The van der Waals surface area contributed by atoms with E-state index in [-0.39, 0.29) is 13.1 Å². The monoisotopic (exact) mass is 369 g/mol. The molecule has 1 aromatic carbocycles. The van der Waals surface area contributed by atoms with Gasteiger partial charge in [-0.25, -0.2) is 18.7 Å². The largest absolute Gasteiger partial charge is 0.573 e. The molecular weight excluding hydrogens is 355 g/mol. The number of alkyl halides is 3. The third-order valence-electron chi connectivity index (χ3n) is 3.20. The lowest BCUT2D eigenvalue weighted by Gasteiger charge is -2.20. The van der Waals surface area contributed by atoms with E-state index in [9.17, 15) is 26.4 Å². The molecule has 1 aromatic rings. The average Bonchev–Trinajstić information content (AvgIpc) is 2.93. The molecule has 0 spiro atoms. The number of hydrogen-bond donors (Lipinski definition) is 3. The number of ether oxygens (including phenoxy) is 1. The van der Waals surface area contributed by atoms with Gasteiger partial charge < -0.3 is 15.8 Å². The van der Waals surface area contributed by atoms with Crippen LogP contribution in [-0.2, 0) is 14.7 Å². The number of carbonyl (C=O) groups is 1. The van der Waals surface area contributed by atoms with Crippen molar-refractivity contribution in [1.29, 1.82) is 0 Å². The van der Waals surface area contributed by atoms with E-state index in [4.69, 9.17) is 10.6 Å². The second-order valence-corrected chi connectivity index (χ2v) is 6.99. The molecule has 2 atom stereocenters. The van der Waals surface area contributed by atoms with Crippen LogP contribution in [0.15, 0.2) is 29.2 Å². The molecule has 2 amide bonds. The third-order valence-corrected chi connectivity index (χ3v) is 5.41. The molecule has 0 radical (unpaired) electrons. The molecule has 4 N–H and O–H groups in total. The lowest BCUT2D eigenvalue weighted by Crippen LogP contribution is -2.41. The van der Waals surface area contributed by atoms with Gasteiger partial charge in [0.25, 0.3) is 0 Å². The number of hydroxylamine groups is 1. The summed E-state index contributed by atoms with van der Waals surface area (Å²) in [5.41, 5.74) is 6.66. The zero-order valence-electron chi connectivity index (χ0n) is 12.0. The van der Waals surface area contributed by atoms with Crippen molar-refractivity contribution in [2.75, 3.05) is 13.1 Å². The molecule has 12 heteroatoms. The van der Waals surface area contributed by atoms with Crippen LogP contribution in [0.3, 0.4) is 0 Å². The summed E-state index contributed by atoms with van der Waals surface area (Å²) in [6.45, 7) is -0.0136. The van der Waals surface area contributed by atoms with Crippen molar-refractivity contribution in [3.05, 3.63) is 24.3 Å². The van der Waals surface area contributed by atoms with Gasteiger partial charge in [-0.3, -0.25) is 4.84 Å². The summed E-state index contributed by atoms with van der Waals surface area (Å²) in [5, 5.41) is 1.50. The fourth-order valence-corrected chi connectivity index (χ4v) is 4.12. The lowest BCUT2D eigenvalue weighted by atomic mass is 10.3. The van der Waals surface area contributed by atoms with Gasteiger partial charge in [0.05, 0.1) is 0 Å². The first kappa shape index (κ1) is 18.3. The molecule has 8 nitrogen and oxygen atoms in total. The Hall–Kier alpha value is -2.05. The number of urea groups is 1. The van der Waals surface area contributed by atoms with Crippen LogP contribution >= 0.6 is 0 Å². The van der Waals surface area contributed by atoms with Crippen molar-refractivity contribution in [2.24, 2.45) is 5.73 Å². The van der Waals surface area contributed by atoms with Gasteiger partial charge in [-0.05, 0) is 12.1 Å². The van der Waals surface area contributed by atoms with Crippen molar-refractivity contribution in [2.45, 2.75) is 22.6 Å². The first-order chi connectivity index (χ1) is 11.1. The van der Waals surface area contributed by atoms with Crippen LogP contribution < -0.4 is 21.3 Å². The maximum absolute atomic E-state index is 12.7. The number of nitrogens with two attached hydrogens (primary N) is 1. The first-order valence-electron chi connectivity index (χ1n) is 6.62. The quantitative estimate of drug-likeness (QED) is 0.642. The van der Waals surface area contributed by atoms with E-state index >= 15 is 0 Å². The predicted octanol–water partition coefficient (Wildman–Crippen LogP) is 0.299. The summed E-state index contributed by atoms with van der Waals surface area (Å²) in [6.07, 6.45) is -6.07. The minimum absolute atomic E-state index is 0.0620. The molecule has 1 saturated heterocycles. The summed E-state index contributed by atoms with van der Waals surface area (Å²) in [5.74, 6) is -0.835. The highest BCUT2D eigenvalue weighted by Gasteiger charge is 2.42. The number of carbonyl (C=O) groups excluding carboxylic acids is 1. The Morgan fingerprint density at radius 3 is 2.58 bits per heavy atom. The molecular formula is C12H14F3N3O5S. The molecule has 134 valence electrons. The maximum atomic E-state index is 12.7. The SMILES string of the molecule is NC(=O)NOC1CNCC1S(=O)(=O)c1ccccc1OC(F)(F)F. The average molecular weight is 369 g/mol. The predicted molar refractivity (Wildman–Crippen MR) is 74.6 cm³/mol. The molecule has 1 fully saturated rings. The Morgan fingerprint density at radius 1 is 1.29 bits per heavy atom. The van der Waals surface area contributed by atoms with Crippen LogP contribution in [0.2, 0.25) is 0 Å². The Kier molecular flexibility index (Phi) is 5.20. The zero-order valence-corrected chi connectivity index (χ0v) is 12.9. The van der Waals surface area contributed by atoms with Crippen molar-refractivity contribution in [3.8, 4) is 5.75 Å². The number of halogens is 3. The number of rotatable bonds is 5. The van der Waals surface area contributed by atoms with Crippen LogP contribution in [0.5, 0.6) is 5.75 Å². The molecule has 0 bridgehead atoms. The molecule has 2 unspecified atom stereocenters. The second-order valence-electron chi connectivity index (χ2n) is 4.86. The topological polar surface area (TPSA) is 120 Å². The second kappa shape index (κ2) is 6.83. The van der Waals surface area contributed by atoms with Gasteiger partial charge in [0, 0.05) is 13.1 Å². The minimum Gasteiger partial charge on any atom is -0.404 e. The Bertz CT molecular complexity index is 710. The summed E-state index contributed by atoms with van der Waals surface area (Å²) in [4.78, 5) is 14.9. The third kappa shape index (κ3) is 4.27. The number of sulfone groups is 1. The van der Waals surface area contributed by atoms with Crippen LogP contribution in [-0.4, -0.2) is 45.3 Å². The standard InChI is InChI=1S/C12H14F3N3O5S/c13-12(14,15)22-7-3-1-2-4-9(7)24(20,21)10-6-17-5-8(10)23-18-11(16)19/h1-4,8,10,17H,5-6H2,(H3,16,18,19). The number of para-hydroxylation sites is 1. The molecule has 1 aliphatic heterocycles. The molecule has 2 rings (SSSR count). The Balaban J connectivity index is 2.31. The number of primary amides is 1. The van der Waals surface area contributed by atoms with Gasteiger partial charge in [-0.1, -0.05) is 12.1 Å². The van der Waals surface area contributed by atoms with Gasteiger partial charge in [0.15, 0.2) is 9.84 Å². The maximum Gasteiger partial charge on any atom is 0.573 e. The fourth-order valence-electron chi connectivity index (χ4n) is 2.25. The van der Waals surface area contributed by atoms with Crippen molar-refractivity contribution in [1.82, 2.24) is 10.8 Å². The summed E-state index contributed by atoms with van der Waals surface area (Å²) < 4.78 is 66.5. The Morgan fingerprint density at radius 2 is 1.96 bits per heavy atom. The van der Waals surface area contributed by atoms with Crippen molar-refractivity contribution in [3.63, 3.8) is 0 Å². The van der Waals surface area contributed by atoms with E-state index in [2.05, 4.69) is 10.1 Å². The highest BCUT2D eigenvalue weighted by atomic mass is 32.2. The number of nitrogens with one attached hydrogen (secondary N) is 2. The van der Waals surface area contributed by atoms with Crippen LogP contribution in [0.1, 0.15) is 0 Å². The normalized spacial score (nSPS) is 21.5. The first-order valence-corrected chi connectivity index (χ1v) is 8.16. The van der Waals surface area contributed by atoms with Crippen LogP contribution in [0.25, 0.3) is 0 Å². The molecule has 1 aliphatic rings. The van der Waals surface area contributed by atoms with E-state index < -0.39 is 44.2 Å². The smallest absolute Gasteiger partial charge is 0.404 e. The van der Waals surface area contributed by atoms with Crippen LogP contribution in [0.4, 0.5) is 18.0 Å². The van der Waals surface area contributed by atoms with Gasteiger partial charge in [-0.2, -0.15) is 0 Å². The van der Waals surface area contributed by atoms with Gasteiger partial charge in [0.1, 0.15) is 22.0 Å². The van der Waals surface area contributed by atoms with Gasteiger partial charge >= 0.3 is 12.4 Å². The van der Waals surface area contributed by atoms with E-state index in [0.29, 0.717) is 0 Å². The molecule has 24 heavy (non-hydrogen) atoms. The van der Waals surface area contributed by atoms with E-state index in [1.165, 1.54) is 12.1 Å². The summed E-state index contributed by atoms with van der Waals surface area (Å²) in [6, 6.07) is 3.37. The van der Waals surface area contributed by atoms with Crippen LogP contribution in [0, 0.1) is 0 Å². The number of hydrogen-bond acceptors (Lipinski definition) is 6. The van der Waals surface area contributed by atoms with Crippen molar-refractivity contribution < 1.29 is 36.0 Å². The highest BCUT2D eigenvalue weighted by molar-refractivity contribution is 7.92. The number of benzene rings is 1. The number of amides is 2. The van der Waals surface area contributed by atoms with E-state index in [1.54, 1.807) is 0 Å². The lowest BCUT2D eigenvalue weighted by molar-refractivity contribution is -0.275. The summed E-state index contributed by atoms with van der Waals surface area (Å²) in [7, 11) is -4.24. The van der Waals surface area contributed by atoms with Gasteiger partial charge in [-0.15, -0.1) is 13.2 Å². The van der Waals surface area contributed by atoms with E-state index in [0.717, 1.165) is 12.1 Å². The minimum atomic E-state index is -5.04. The molecule has 0 aromatic heterocycles. The molecule has 1 heterocycles. The van der Waals surface area contributed by atoms with Gasteiger partial charge in [0.2, 0.25) is 0 Å².